The van der Waals surface area contributed by atoms with Crippen LogP contribution in [0.2, 0.25) is 0 Å². The summed E-state index contributed by atoms with van der Waals surface area (Å²) < 4.78 is 5.98. The number of fused-ring (bicyclic) bond motifs is 1. The van der Waals surface area contributed by atoms with Gasteiger partial charge in [-0.25, -0.2) is 4.63 Å². The maximum absolute atomic E-state index is 4.72. The fourth-order valence-corrected chi connectivity index (χ4v) is 2.58. The Morgan fingerprint density at radius 3 is 2.87 bits per heavy atom. The first-order valence-corrected chi connectivity index (χ1v) is 5.50. The Bertz CT molecular complexity index is 612. The Morgan fingerprint density at radius 1 is 1.20 bits per heavy atom. The molecule has 0 aliphatic carbocycles. The summed E-state index contributed by atoms with van der Waals surface area (Å²) in [6.45, 7) is 1.90. The van der Waals surface area contributed by atoms with Gasteiger partial charge in [-0.15, -0.1) is 11.3 Å². The first-order valence-electron chi connectivity index (χ1n) is 4.62. The number of hydrogen-bond donors (Lipinski definition) is 0. The molecule has 1 aromatic carbocycles. The normalized spacial score (nSPS) is 11.0. The summed E-state index contributed by atoms with van der Waals surface area (Å²) in [4.78, 5) is 0. The average Bonchev–Trinajstić information content (AvgIpc) is 2.83. The molecule has 3 rings (SSSR count). The molecular formula is C11H8N2OS. The highest BCUT2D eigenvalue weighted by Crippen LogP contribution is 2.33. The standard InChI is InChI=1S/C11H8N2OS/c1-7-11(13-14-12-7)9-6-15-10-5-3-2-4-8(9)10/h2-6H,1H3. The maximum Gasteiger partial charge on any atom is 0.139 e. The van der Waals surface area contributed by atoms with Crippen LogP contribution >= 0.6 is 11.3 Å². The maximum atomic E-state index is 4.72. The molecule has 0 fully saturated rings. The van der Waals surface area contributed by atoms with Crippen molar-refractivity contribution >= 4 is 21.4 Å². The lowest BCUT2D eigenvalue weighted by atomic mass is 10.1. The van der Waals surface area contributed by atoms with Gasteiger partial charge < -0.3 is 0 Å². The van der Waals surface area contributed by atoms with Crippen LogP contribution in [0.4, 0.5) is 0 Å². The Balaban J connectivity index is 2.32. The molecule has 0 aliphatic rings. The molecule has 0 aliphatic heterocycles. The second-order valence-corrected chi connectivity index (χ2v) is 4.26. The van der Waals surface area contributed by atoms with Gasteiger partial charge in [0, 0.05) is 21.0 Å². The molecule has 0 bridgehead atoms. The average molecular weight is 216 g/mol. The van der Waals surface area contributed by atoms with E-state index in [1.807, 2.05) is 19.1 Å². The molecule has 2 aromatic heterocycles. The summed E-state index contributed by atoms with van der Waals surface area (Å²) in [6.07, 6.45) is 0. The van der Waals surface area contributed by atoms with Gasteiger partial charge in [0.05, 0.1) is 0 Å². The SMILES string of the molecule is Cc1nonc1-c1csc2ccccc12. The molecule has 0 unspecified atom stereocenters. The molecule has 0 radical (unpaired) electrons. The molecule has 0 atom stereocenters. The summed E-state index contributed by atoms with van der Waals surface area (Å²) in [5, 5.41) is 11.0. The minimum absolute atomic E-state index is 0.832. The number of rotatable bonds is 1. The van der Waals surface area contributed by atoms with E-state index in [4.69, 9.17) is 4.63 Å². The van der Waals surface area contributed by atoms with Crippen LogP contribution in [0.5, 0.6) is 0 Å². The summed E-state index contributed by atoms with van der Waals surface area (Å²) in [5.74, 6) is 0. The van der Waals surface area contributed by atoms with Crippen molar-refractivity contribution in [3.8, 4) is 11.3 Å². The number of benzene rings is 1. The topological polar surface area (TPSA) is 38.9 Å². The predicted molar refractivity (Wildman–Crippen MR) is 59.9 cm³/mol. The van der Waals surface area contributed by atoms with Crippen LogP contribution in [0.1, 0.15) is 5.69 Å². The molecule has 74 valence electrons. The molecule has 2 heterocycles. The van der Waals surface area contributed by atoms with Crippen molar-refractivity contribution in [3.05, 3.63) is 35.3 Å². The number of thiophene rings is 1. The molecule has 3 aromatic rings. The largest absolute Gasteiger partial charge is 0.244 e. The predicted octanol–water partition coefficient (Wildman–Crippen LogP) is 3.26. The van der Waals surface area contributed by atoms with Gasteiger partial charge in [0.25, 0.3) is 0 Å². The summed E-state index contributed by atoms with van der Waals surface area (Å²) >= 11 is 1.71. The smallest absolute Gasteiger partial charge is 0.139 e. The fourth-order valence-electron chi connectivity index (χ4n) is 1.64. The van der Waals surface area contributed by atoms with E-state index >= 15 is 0 Å². The van der Waals surface area contributed by atoms with Crippen LogP contribution in [-0.2, 0) is 0 Å². The van der Waals surface area contributed by atoms with E-state index < -0.39 is 0 Å². The molecular weight excluding hydrogens is 208 g/mol. The van der Waals surface area contributed by atoms with Gasteiger partial charge in [0.15, 0.2) is 0 Å². The van der Waals surface area contributed by atoms with E-state index in [1.165, 1.54) is 10.1 Å². The first kappa shape index (κ1) is 8.61. The monoisotopic (exact) mass is 216 g/mol. The molecule has 0 amide bonds. The molecule has 15 heavy (non-hydrogen) atoms. The second kappa shape index (κ2) is 3.17. The zero-order valence-electron chi connectivity index (χ0n) is 8.10. The van der Waals surface area contributed by atoms with Crippen LogP contribution < -0.4 is 0 Å². The van der Waals surface area contributed by atoms with Gasteiger partial charge >= 0.3 is 0 Å². The van der Waals surface area contributed by atoms with Crippen molar-refractivity contribution in [2.24, 2.45) is 0 Å². The van der Waals surface area contributed by atoms with Crippen molar-refractivity contribution in [2.75, 3.05) is 0 Å². The lowest BCUT2D eigenvalue weighted by molar-refractivity contribution is 0.306. The Morgan fingerprint density at radius 2 is 2.07 bits per heavy atom. The fraction of sp³-hybridized carbons (Fsp3) is 0.0909. The molecule has 0 saturated carbocycles. The second-order valence-electron chi connectivity index (χ2n) is 3.34. The zero-order valence-corrected chi connectivity index (χ0v) is 8.91. The van der Waals surface area contributed by atoms with E-state index in [9.17, 15) is 0 Å². The van der Waals surface area contributed by atoms with Crippen LogP contribution in [0.15, 0.2) is 34.3 Å². The number of aromatic nitrogens is 2. The highest BCUT2D eigenvalue weighted by atomic mass is 32.1. The minimum atomic E-state index is 0.832. The van der Waals surface area contributed by atoms with Crippen LogP contribution in [-0.4, -0.2) is 10.3 Å². The third kappa shape index (κ3) is 1.26. The van der Waals surface area contributed by atoms with Crippen LogP contribution in [0, 0.1) is 6.92 Å². The zero-order chi connectivity index (χ0) is 10.3. The quantitative estimate of drug-likeness (QED) is 0.626. The third-order valence-electron chi connectivity index (χ3n) is 2.39. The van der Waals surface area contributed by atoms with E-state index in [0.717, 1.165) is 17.0 Å². The summed E-state index contributed by atoms with van der Waals surface area (Å²) in [7, 11) is 0. The third-order valence-corrected chi connectivity index (χ3v) is 3.35. The lowest BCUT2D eigenvalue weighted by Crippen LogP contribution is -1.78. The summed E-state index contributed by atoms with van der Waals surface area (Å²) in [6, 6.07) is 8.26. The van der Waals surface area contributed by atoms with Gasteiger partial charge in [-0.1, -0.05) is 23.4 Å². The Kier molecular flexibility index (Phi) is 1.82. The van der Waals surface area contributed by atoms with Gasteiger partial charge in [0.1, 0.15) is 11.4 Å². The first-order chi connectivity index (χ1) is 7.36. The van der Waals surface area contributed by atoms with E-state index in [-0.39, 0.29) is 0 Å². The molecule has 4 heteroatoms. The highest BCUT2D eigenvalue weighted by molar-refractivity contribution is 7.17. The Labute approximate surface area is 90.3 Å². The van der Waals surface area contributed by atoms with Gasteiger partial charge in [-0.05, 0) is 18.1 Å². The minimum Gasteiger partial charge on any atom is -0.244 e. The number of hydrogen-bond acceptors (Lipinski definition) is 4. The molecule has 0 N–H and O–H groups in total. The summed E-state index contributed by atoms with van der Waals surface area (Å²) in [5.41, 5.74) is 2.78. The van der Waals surface area contributed by atoms with Crippen molar-refractivity contribution in [1.29, 1.82) is 0 Å². The lowest BCUT2D eigenvalue weighted by Gasteiger charge is -1.93. The van der Waals surface area contributed by atoms with Gasteiger partial charge in [-0.3, -0.25) is 0 Å². The van der Waals surface area contributed by atoms with Gasteiger partial charge in [0.2, 0.25) is 0 Å². The number of aryl methyl sites for hydroxylation is 1. The van der Waals surface area contributed by atoms with E-state index in [0.29, 0.717) is 0 Å². The van der Waals surface area contributed by atoms with E-state index in [1.54, 1.807) is 11.3 Å². The van der Waals surface area contributed by atoms with Crippen molar-refractivity contribution in [2.45, 2.75) is 6.92 Å². The van der Waals surface area contributed by atoms with Crippen LogP contribution in [0.25, 0.3) is 21.3 Å². The van der Waals surface area contributed by atoms with Crippen LogP contribution in [0.3, 0.4) is 0 Å². The van der Waals surface area contributed by atoms with Crippen molar-refractivity contribution < 1.29 is 4.63 Å². The molecule has 3 nitrogen and oxygen atoms in total. The number of nitrogens with zero attached hydrogens (tertiary/aromatic N) is 2. The highest BCUT2D eigenvalue weighted by Gasteiger charge is 2.12. The van der Waals surface area contributed by atoms with Crippen molar-refractivity contribution in [3.63, 3.8) is 0 Å². The molecule has 0 saturated heterocycles. The van der Waals surface area contributed by atoms with Crippen molar-refractivity contribution in [1.82, 2.24) is 10.3 Å². The molecule has 0 spiro atoms. The Hall–Kier alpha value is -1.68. The van der Waals surface area contributed by atoms with E-state index in [2.05, 4.69) is 27.8 Å². The van der Waals surface area contributed by atoms with Gasteiger partial charge in [-0.2, -0.15) is 0 Å².